The van der Waals surface area contributed by atoms with E-state index in [1.807, 2.05) is 19.9 Å². The van der Waals surface area contributed by atoms with E-state index < -0.39 is 29.2 Å². The van der Waals surface area contributed by atoms with E-state index in [0.29, 0.717) is 23.3 Å². The van der Waals surface area contributed by atoms with Gasteiger partial charge >= 0.3 is 0 Å². The summed E-state index contributed by atoms with van der Waals surface area (Å²) in [5, 5.41) is 11.2. The van der Waals surface area contributed by atoms with Crippen LogP contribution in [0.2, 0.25) is 0 Å². The van der Waals surface area contributed by atoms with Crippen molar-refractivity contribution in [3.63, 3.8) is 0 Å². The highest BCUT2D eigenvalue weighted by atomic mass is 19.1. The fourth-order valence-corrected chi connectivity index (χ4v) is 5.31. The minimum absolute atomic E-state index is 0.0908. The molecule has 2 aromatic rings. The quantitative estimate of drug-likeness (QED) is 0.217. The maximum Gasteiger partial charge on any atom is 0.273 e. The monoisotopic (exact) mass is 563 g/mol. The lowest BCUT2D eigenvalue weighted by Crippen LogP contribution is -2.65. The van der Waals surface area contributed by atoms with Crippen molar-refractivity contribution in [2.45, 2.75) is 70.0 Å². The minimum Gasteiger partial charge on any atom is -0.488 e. The molecule has 3 atom stereocenters. The summed E-state index contributed by atoms with van der Waals surface area (Å²) in [5.74, 6) is -1.31. The van der Waals surface area contributed by atoms with Gasteiger partial charge in [0.2, 0.25) is 12.1 Å². The summed E-state index contributed by atoms with van der Waals surface area (Å²) in [6.07, 6.45) is 0.141. The number of hydrogen-bond donors (Lipinski definition) is 2. The summed E-state index contributed by atoms with van der Waals surface area (Å²) in [6, 6.07) is 9.82. The molecule has 12 heteroatoms. The smallest absolute Gasteiger partial charge is 0.273 e. The van der Waals surface area contributed by atoms with E-state index in [1.54, 1.807) is 25.1 Å². The average Bonchev–Trinajstić information content (AvgIpc) is 2.90. The van der Waals surface area contributed by atoms with Crippen molar-refractivity contribution in [2.75, 3.05) is 20.1 Å². The van der Waals surface area contributed by atoms with Gasteiger partial charge in [-0.1, -0.05) is 24.3 Å². The fraction of sp³-hybridized carbons (Fsp3) is 0.483. The first-order valence-electron chi connectivity index (χ1n) is 13.5. The molecule has 1 aliphatic rings. The maximum absolute atomic E-state index is 15.1. The third-order valence-corrected chi connectivity index (χ3v) is 7.14. The Bertz CT molecular complexity index is 1240. The fourth-order valence-electron chi connectivity index (χ4n) is 5.31. The van der Waals surface area contributed by atoms with Gasteiger partial charge in [-0.15, -0.1) is 0 Å². The number of benzene rings is 2. The van der Waals surface area contributed by atoms with E-state index in [2.05, 4.69) is 10.2 Å². The predicted molar refractivity (Wildman–Crippen MR) is 153 cm³/mol. The van der Waals surface area contributed by atoms with E-state index in [4.69, 9.17) is 25.2 Å². The molecule has 2 aromatic carbocycles. The van der Waals surface area contributed by atoms with Crippen LogP contribution in [-0.2, 0) is 37.6 Å². The van der Waals surface area contributed by atoms with Crippen molar-refractivity contribution in [1.29, 1.82) is 0 Å². The van der Waals surface area contributed by atoms with Crippen molar-refractivity contribution in [3.05, 3.63) is 64.5 Å². The van der Waals surface area contributed by atoms with Gasteiger partial charge in [-0.2, -0.15) is 0 Å². The van der Waals surface area contributed by atoms with Gasteiger partial charge in [0.05, 0.1) is 27.9 Å². The molecule has 3 rings (SSSR count). The van der Waals surface area contributed by atoms with Crippen molar-refractivity contribution >= 4 is 34.3 Å². The Balaban J connectivity index is 1.86. The highest BCUT2D eigenvalue weighted by Gasteiger charge is 2.48. The van der Waals surface area contributed by atoms with Crippen LogP contribution in [-0.4, -0.2) is 87.3 Å². The molecule has 1 heterocycles. The number of nitrogens with one attached hydrogen (secondary N) is 1. The number of aliphatic hydroxyl groups is 1. The van der Waals surface area contributed by atoms with Gasteiger partial charge in [0.15, 0.2) is 0 Å². The zero-order valence-corrected chi connectivity index (χ0v) is 23.9. The van der Waals surface area contributed by atoms with E-state index in [0.717, 1.165) is 18.7 Å². The van der Waals surface area contributed by atoms with Crippen LogP contribution in [0.3, 0.4) is 0 Å². The van der Waals surface area contributed by atoms with E-state index >= 15 is 4.39 Å². The van der Waals surface area contributed by atoms with Crippen LogP contribution < -0.4 is 10.1 Å². The predicted octanol–water partition coefficient (Wildman–Crippen LogP) is 1.64. The normalized spacial score (nSPS) is 19.2. The lowest BCUT2D eigenvalue weighted by Gasteiger charge is -2.47. The van der Waals surface area contributed by atoms with Crippen LogP contribution in [0.15, 0.2) is 36.4 Å². The molecule has 0 aromatic heterocycles. The summed E-state index contributed by atoms with van der Waals surface area (Å²) < 4.78 is 26.9. The second-order valence-electron chi connectivity index (χ2n) is 10.5. The number of rotatable bonds is 13. The number of aldehydes is 1. The highest BCUT2D eigenvalue weighted by Crippen LogP contribution is 2.37. The first-order chi connectivity index (χ1) is 19.4. The van der Waals surface area contributed by atoms with E-state index in [1.165, 1.54) is 19.2 Å². The number of hydrogen-bond acceptors (Lipinski definition) is 7. The van der Waals surface area contributed by atoms with Gasteiger partial charge in [0, 0.05) is 50.7 Å². The third-order valence-electron chi connectivity index (χ3n) is 7.14. The van der Waals surface area contributed by atoms with Gasteiger partial charge in [-0.3, -0.25) is 14.5 Å². The van der Waals surface area contributed by atoms with Crippen LogP contribution in [0, 0.1) is 12.7 Å². The number of likely N-dealkylation sites (N-methyl/N-ethyl adjacent to an activating group) is 1. The summed E-state index contributed by atoms with van der Waals surface area (Å²) in [7, 11) is 14.2. The topological polar surface area (TPSA) is 108 Å². The molecule has 1 fully saturated rings. The van der Waals surface area contributed by atoms with Crippen LogP contribution in [0.1, 0.15) is 48.9 Å². The number of nitrogens with zero attached hydrogens (tertiary/aromatic N) is 2. The van der Waals surface area contributed by atoms with Crippen LogP contribution >= 0.6 is 0 Å². The lowest BCUT2D eigenvalue weighted by atomic mass is 9.55. The molecule has 3 unspecified atom stereocenters. The zero-order valence-electron chi connectivity index (χ0n) is 23.9. The Morgan fingerprint density at radius 2 is 1.93 bits per heavy atom. The van der Waals surface area contributed by atoms with Gasteiger partial charge in [-0.25, -0.2) is 4.39 Å². The standard InChI is InChI=1S/C29H36B2FN3O6/c1-19-7-5-8-25(26(19)29(30,31)35(18-37)28(39,11-6-12-36)27(38)33-4)40-17-23-10-9-22(13-24(23)32)16-34-14-20(2)41-21(3)15-34/h5,7-10,12-13,18,20-21,39H,6,11,14-17H2,1-4H3,(H,33,38). The Morgan fingerprint density at radius 3 is 2.51 bits per heavy atom. The Hall–Kier alpha value is -3.21. The molecule has 1 aliphatic heterocycles. The van der Waals surface area contributed by atoms with Crippen molar-refractivity contribution in [2.24, 2.45) is 0 Å². The third kappa shape index (κ3) is 7.36. The van der Waals surface area contributed by atoms with Gasteiger partial charge in [0.25, 0.3) is 5.91 Å². The number of carbonyl (C=O) groups excluding carboxylic acids is 3. The lowest BCUT2D eigenvalue weighted by molar-refractivity contribution is -0.174. The second kappa shape index (κ2) is 13.6. The number of ether oxygens (including phenoxy) is 2. The molecule has 41 heavy (non-hydrogen) atoms. The molecule has 0 bridgehead atoms. The second-order valence-corrected chi connectivity index (χ2v) is 10.5. The van der Waals surface area contributed by atoms with Crippen molar-refractivity contribution in [1.82, 2.24) is 15.1 Å². The van der Waals surface area contributed by atoms with Crippen molar-refractivity contribution in [3.8, 4) is 5.75 Å². The first-order valence-corrected chi connectivity index (χ1v) is 13.5. The molecule has 1 saturated heterocycles. The molecule has 0 saturated carbocycles. The van der Waals surface area contributed by atoms with Crippen LogP contribution in [0.5, 0.6) is 5.75 Å². The average molecular weight is 563 g/mol. The van der Waals surface area contributed by atoms with E-state index in [9.17, 15) is 19.5 Å². The molecule has 9 nitrogen and oxygen atoms in total. The molecule has 2 amide bonds. The minimum atomic E-state index is -2.54. The van der Waals surface area contributed by atoms with Crippen molar-refractivity contribution < 1.29 is 33.4 Å². The summed E-state index contributed by atoms with van der Waals surface area (Å²) in [4.78, 5) is 38.7. The molecule has 0 spiro atoms. The van der Waals surface area contributed by atoms with Crippen LogP contribution in [0.4, 0.5) is 4.39 Å². The molecule has 2 N–H and O–H groups in total. The number of carbonyl (C=O) groups is 3. The molecule has 216 valence electrons. The zero-order chi connectivity index (χ0) is 30.4. The molecule has 0 aliphatic carbocycles. The van der Waals surface area contributed by atoms with Crippen LogP contribution in [0.25, 0.3) is 0 Å². The first kappa shape index (κ1) is 32.3. The Morgan fingerprint density at radius 1 is 1.24 bits per heavy atom. The Labute approximate surface area is 243 Å². The summed E-state index contributed by atoms with van der Waals surface area (Å²) >= 11 is 0. The molecular weight excluding hydrogens is 527 g/mol. The number of halogens is 1. The molecular formula is C29H36B2FN3O6. The Kier molecular flexibility index (Phi) is 10.7. The van der Waals surface area contributed by atoms with Gasteiger partial charge in [0.1, 0.15) is 24.5 Å². The summed E-state index contributed by atoms with van der Waals surface area (Å²) in [5.41, 5.74) is -0.868. The van der Waals surface area contributed by atoms with Gasteiger partial charge in [-0.05, 0) is 49.4 Å². The number of amides is 2. The highest BCUT2D eigenvalue weighted by molar-refractivity contribution is 6.40. The van der Waals surface area contributed by atoms with E-state index in [-0.39, 0.29) is 48.5 Å². The largest absolute Gasteiger partial charge is 0.488 e. The van der Waals surface area contributed by atoms with Gasteiger partial charge < -0.3 is 29.6 Å². The number of aryl methyl sites for hydroxylation is 1. The maximum atomic E-state index is 15.1. The molecule has 4 radical (unpaired) electrons. The SMILES string of the molecule is [B]C([B])(c1c(C)cccc1OCc1ccc(CN2CC(C)OC(C)C2)cc1F)N(C=O)C(O)(CCC=O)C(=O)NC. The number of morpholine rings is 1. The summed E-state index contributed by atoms with van der Waals surface area (Å²) in [6.45, 7) is 7.60.